The summed E-state index contributed by atoms with van der Waals surface area (Å²) in [5, 5.41) is 8.15. The smallest absolute Gasteiger partial charge is 0.0576 e. The average molecular weight is 458 g/mol. The number of hydrogen-bond acceptors (Lipinski definition) is 0. The molecule has 0 saturated carbocycles. The van der Waals surface area contributed by atoms with Gasteiger partial charge in [0.05, 0.1) is 0 Å². The van der Waals surface area contributed by atoms with Crippen LogP contribution in [0.5, 0.6) is 0 Å². The van der Waals surface area contributed by atoms with Crippen LogP contribution in [0.3, 0.4) is 0 Å². The fourth-order valence-electron chi connectivity index (χ4n) is 3.42. The molecule has 0 N–H and O–H groups in total. The summed E-state index contributed by atoms with van der Waals surface area (Å²) in [6.07, 6.45) is 0. The van der Waals surface area contributed by atoms with Crippen LogP contribution in [-0.4, -0.2) is 5.43 Å². The minimum Gasteiger partial charge on any atom is -0.154 e. The molecule has 0 spiro atoms. The van der Waals surface area contributed by atoms with E-state index < -0.39 is 0 Å². The summed E-state index contributed by atoms with van der Waals surface area (Å²) in [5.41, 5.74) is 3.02. The molecule has 0 heterocycles. The first-order chi connectivity index (χ1) is 13.5. The molecule has 0 radical (unpaired) electrons. The van der Waals surface area contributed by atoms with Gasteiger partial charge in [-0.2, -0.15) is 5.56 Å². The van der Waals surface area contributed by atoms with Crippen molar-refractivity contribution in [3.05, 3.63) is 96.1 Å². The van der Waals surface area contributed by atoms with Crippen molar-refractivity contribution in [1.82, 2.24) is 0 Å². The summed E-state index contributed by atoms with van der Waals surface area (Å²) in [6.45, 7) is 8.96. The van der Waals surface area contributed by atoms with Gasteiger partial charge in [0.2, 0.25) is 0 Å². The van der Waals surface area contributed by atoms with Crippen molar-refractivity contribution in [2.45, 2.75) is 26.9 Å². The van der Waals surface area contributed by atoms with Crippen molar-refractivity contribution in [2.24, 2.45) is 0 Å². The van der Waals surface area contributed by atoms with Gasteiger partial charge in [-0.15, -0.1) is 80.3 Å². The fraction of sp³-hybridized carbons (Fsp3) is 0.154. The van der Waals surface area contributed by atoms with E-state index in [9.17, 15) is 0 Å². The maximum Gasteiger partial charge on any atom is -0.0576 e. The van der Waals surface area contributed by atoms with E-state index in [0.29, 0.717) is 0 Å². The quantitative estimate of drug-likeness (QED) is 0.165. The Hall–Kier alpha value is -1.76. The van der Waals surface area contributed by atoms with E-state index in [1.165, 1.54) is 43.4 Å². The summed E-state index contributed by atoms with van der Waals surface area (Å²) in [7, 11) is 0. The van der Waals surface area contributed by atoms with Crippen LogP contribution in [0.1, 0.15) is 11.1 Å². The van der Waals surface area contributed by atoms with Crippen LogP contribution in [0.25, 0.3) is 32.3 Å². The number of rotatable bonds is 0. The Morgan fingerprint density at radius 2 is 0.964 bits per heavy atom. The Morgan fingerprint density at radius 3 is 1.39 bits per heavy atom. The Balaban J connectivity index is 0.000000137. The molecule has 0 unspecified atom stereocenters. The second kappa shape index (κ2) is 9.63. The average Bonchev–Trinajstić information content (AvgIpc) is 3.20. The van der Waals surface area contributed by atoms with Gasteiger partial charge in [0.15, 0.2) is 0 Å². The predicted octanol–water partition coefficient (Wildman–Crippen LogP) is 7.67. The van der Waals surface area contributed by atoms with Gasteiger partial charge in [-0.1, -0.05) is 56.3 Å². The molecule has 2 heteroatoms. The van der Waals surface area contributed by atoms with Crippen LogP contribution in [-0.2, 0) is 23.3 Å². The van der Waals surface area contributed by atoms with Crippen LogP contribution in [0.15, 0.2) is 84.9 Å². The van der Waals surface area contributed by atoms with Gasteiger partial charge in [0, 0.05) is 0 Å². The summed E-state index contributed by atoms with van der Waals surface area (Å²) >= 11 is 1.74. The second-order valence-electron chi connectivity index (χ2n) is 7.36. The minimum absolute atomic E-state index is 0.210. The summed E-state index contributed by atoms with van der Waals surface area (Å²) in [6, 6.07) is 30.0. The molecule has 0 aliphatic rings. The van der Waals surface area contributed by atoms with Crippen molar-refractivity contribution in [1.29, 1.82) is 0 Å². The third-order valence-electron chi connectivity index (χ3n) is 4.85. The summed E-state index contributed by atoms with van der Waals surface area (Å²) in [5.74, 6) is 0. The minimum atomic E-state index is 0.210. The number of hydrogen-bond donors (Lipinski definition) is 0. The van der Waals surface area contributed by atoms with Gasteiger partial charge in [-0.3, -0.25) is 0 Å². The molecule has 5 aromatic carbocycles. The van der Waals surface area contributed by atoms with Crippen molar-refractivity contribution in [2.75, 3.05) is 0 Å². The van der Waals surface area contributed by atoms with E-state index in [1.54, 1.807) is 23.3 Å². The zero-order valence-electron chi connectivity index (χ0n) is 17.1. The first-order valence-electron chi connectivity index (χ1n) is 9.64. The van der Waals surface area contributed by atoms with Crippen LogP contribution in [0.2, 0.25) is 13.1 Å². The van der Waals surface area contributed by atoms with Gasteiger partial charge >= 0.3 is 41.9 Å². The molecule has 0 bridgehead atoms. The van der Waals surface area contributed by atoms with E-state index in [-0.39, 0.29) is 5.43 Å². The maximum atomic E-state index is 2.31. The van der Waals surface area contributed by atoms with Gasteiger partial charge in [-0.05, 0) is 0 Å². The Bertz CT molecular complexity index is 1170. The van der Waals surface area contributed by atoms with Crippen molar-refractivity contribution in [3.63, 3.8) is 0 Å². The Kier molecular flexibility index (Phi) is 7.21. The van der Waals surface area contributed by atoms with E-state index in [0.717, 1.165) is 0 Å². The fourth-order valence-corrected chi connectivity index (χ4v) is 3.42. The molecule has 0 atom stereocenters. The largest absolute Gasteiger partial charge is 0.154 e. The Labute approximate surface area is 183 Å². The zero-order chi connectivity index (χ0) is 20.1. The molecule has 28 heavy (non-hydrogen) atoms. The van der Waals surface area contributed by atoms with Crippen LogP contribution < -0.4 is 0 Å². The van der Waals surface area contributed by atoms with Gasteiger partial charge in [0.25, 0.3) is 0 Å². The van der Waals surface area contributed by atoms with Gasteiger partial charge in [-0.25, -0.2) is 0 Å². The summed E-state index contributed by atoms with van der Waals surface area (Å²) < 4.78 is 0. The number of benzene rings is 3. The third kappa shape index (κ3) is 4.99. The van der Waals surface area contributed by atoms with Crippen LogP contribution >= 0.6 is 0 Å². The molecular formula is C26H26SiZr. The molecule has 0 aliphatic heterocycles. The van der Waals surface area contributed by atoms with E-state index in [1.807, 2.05) is 0 Å². The molecule has 5 aromatic rings. The third-order valence-corrected chi connectivity index (χ3v) is 4.85. The van der Waals surface area contributed by atoms with Crippen molar-refractivity contribution < 1.29 is 23.3 Å². The number of aryl methyl sites for hydroxylation is 2. The van der Waals surface area contributed by atoms with E-state index in [4.69, 9.17) is 0 Å². The van der Waals surface area contributed by atoms with Crippen LogP contribution in [0, 0.1) is 13.8 Å². The Morgan fingerprint density at radius 1 is 0.607 bits per heavy atom. The predicted molar refractivity (Wildman–Crippen MR) is 124 cm³/mol. The van der Waals surface area contributed by atoms with Crippen molar-refractivity contribution in [3.8, 4) is 0 Å². The van der Waals surface area contributed by atoms with Crippen molar-refractivity contribution >= 4 is 37.8 Å². The normalized spacial score (nSPS) is 10.4. The first-order valence-corrected chi connectivity index (χ1v) is 15.8. The van der Waals surface area contributed by atoms with Gasteiger partial charge in [0.1, 0.15) is 0 Å². The molecular weight excluding hydrogens is 432 g/mol. The first kappa shape index (κ1) is 21.0. The molecule has 0 aromatic heterocycles. The van der Waals surface area contributed by atoms with Gasteiger partial charge < -0.3 is 0 Å². The molecule has 0 fully saturated rings. The standard InChI is InChI=1S/C13H9.C11H11.C2H6Si.Zr/c1-3-7-12-10(5-1)9-11-6-2-4-8-13(11)12;1-8-7-10-5-3-4-6-11(10)9(8)2;1-3-2;/h1-9H;3-7H,1-2H3;1-2H3;/q2*-1;;+2. The van der Waals surface area contributed by atoms with E-state index in [2.05, 4.69) is 112 Å². The molecule has 138 valence electrons. The topological polar surface area (TPSA) is 0 Å². The van der Waals surface area contributed by atoms with Crippen LogP contribution in [0.4, 0.5) is 0 Å². The number of fused-ring (bicyclic) bond motifs is 4. The molecule has 0 amide bonds. The SMILES string of the molecule is C[Si](C)=[Zr+2].Cc1[cH-]c2ccccc2c1C.c1ccc2c(c1)[cH-]c1ccccc12. The molecule has 0 nitrogen and oxygen atoms in total. The maximum absolute atomic E-state index is 2.31. The van der Waals surface area contributed by atoms with E-state index >= 15 is 0 Å². The monoisotopic (exact) mass is 456 g/mol. The zero-order valence-corrected chi connectivity index (χ0v) is 20.5. The molecule has 0 aliphatic carbocycles. The second-order valence-corrected chi connectivity index (χ2v) is 16.7. The molecule has 0 saturated heterocycles. The summed E-state index contributed by atoms with van der Waals surface area (Å²) in [4.78, 5) is 0. The molecule has 5 rings (SSSR count).